The van der Waals surface area contributed by atoms with E-state index in [9.17, 15) is 22.8 Å². The summed E-state index contributed by atoms with van der Waals surface area (Å²) in [5.41, 5.74) is -0.880. The van der Waals surface area contributed by atoms with E-state index in [4.69, 9.17) is 0 Å². The lowest BCUT2D eigenvalue weighted by atomic mass is 10.1. The number of carbonyl (C=O) groups is 2. The first-order valence-electron chi connectivity index (χ1n) is 8.58. The Hall–Kier alpha value is -3.04. The summed E-state index contributed by atoms with van der Waals surface area (Å²) in [6, 6.07) is 5.08. The fourth-order valence-electron chi connectivity index (χ4n) is 2.27. The summed E-state index contributed by atoms with van der Waals surface area (Å²) >= 11 is 0. The number of benzene rings is 1. The van der Waals surface area contributed by atoms with Gasteiger partial charge in [-0.1, -0.05) is 25.1 Å². The Labute approximate surface area is 159 Å². The molecule has 0 bridgehead atoms. The van der Waals surface area contributed by atoms with Crippen LogP contribution in [0.4, 0.5) is 29.5 Å². The molecule has 3 amide bonds. The minimum Gasteiger partial charge on any atom is -0.363 e. The van der Waals surface area contributed by atoms with Crippen LogP contribution in [0.2, 0.25) is 0 Å². The van der Waals surface area contributed by atoms with Crippen molar-refractivity contribution < 1.29 is 27.3 Å². The highest BCUT2D eigenvalue weighted by atomic mass is 19.4. The van der Waals surface area contributed by atoms with Crippen LogP contribution in [0.15, 0.2) is 41.1 Å². The number of rotatable bonds is 7. The first-order valence-corrected chi connectivity index (χ1v) is 8.58. The highest BCUT2D eigenvalue weighted by molar-refractivity contribution is 5.96. The molecule has 0 radical (unpaired) electrons. The van der Waals surface area contributed by atoms with E-state index < -0.39 is 23.7 Å². The van der Waals surface area contributed by atoms with Crippen molar-refractivity contribution in [2.24, 2.45) is 5.92 Å². The number of carbonyl (C=O) groups excluding carboxylic acids is 2. The number of hydrogen-bond donors (Lipinski definition) is 2. The number of nitrogens with one attached hydrogen (secondary N) is 2. The zero-order valence-corrected chi connectivity index (χ0v) is 15.4. The Balaban J connectivity index is 2.07. The van der Waals surface area contributed by atoms with Crippen molar-refractivity contribution >= 4 is 23.4 Å². The fourth-order valence-corrected chi connectivity index (χ4v) is 2.27. The molecular weight excluding hydrogens is 377 g/mol. The third-order valence-corrected chi connectivity index (χ3v) is 3.74. The maximum Gasteiger partial charge on any atom is 0.416 e. The monoisotopic (exact) mass is 398 g/mol. The van der Waals surface area contributed by atoms with Crippen LogP contribution in [0.3, 0.4) is 0 Å². The summed E-state index contributed by atoms with van der Waals surface area (Å²) in [6.07, 6.45) is -2.62. The second kappa shape index (κ2) is 9.25. The van der Waals surface area contributed by atoms with Gasteiger partial charge in [0, 0.05) is 18.3 Å². The maximum atomic E-state index is 12.8. The van der Waals surface area contributed by atoms with Crippen molar-refractivity contribution in [3.63, 3.8) is 0 Å². The van der Waals surface area contributed by atoms with E-state index in [0.717, 1.165) is 12.1 Å². The van der Waals surface area contributed by atoms with E-state index in [1.165, 1.54) is 29.4 Å². The number of amides is 3. The van der Waals surface area contributed by atoms with Gasteiger partial charge < -0.3 is 20.1 Å². The predicted molar refractivity (Wildman–Crippen MR) is 96.6 cm³/mol. The first-order chi connectivity index (χ1) is 13.1. The van der Waals surface area contributed by atoms with Gasteiger partial charge in [0.25, 0.3) is 0 Å². The molecule has 2 rings (SSSR count). The van der Waals surface area contributed by atoms with Gasteiger partial charge in [0.15, 0.2) is 5.82 Å². The summed E-state index contributed by atoms with van der Waals surface area (Å²) < 4.78 is 43.1. The second-order valence-electron chi connectivity index (χ2n) is 6.55. The predicted octanol–water partition coefficient (Wildman–Crippen LogP) is 4.21. The minimum absolute atomic E-state index is 0.00807. The molecule has 1 aromatic heterocycles. The molecule has 152 valence electrons. The highest BCUT2D eigenvalue weighted by Crippen LogP contribution is 2.30. The smallest absolute Gasteiger partial charge is 0.363 e. The lowest BCUT2D eigenvalue weighted by Gasteiger charge is -2.23. The average Bonchev–Trinajstić information content (AvgIpc) is 3.10. The average molecular weight is 398 g/mol. The molecule has 7 nitrogen and oxygen atoms in total. The maximum absolute atomic E-state index is 12.8. The van der Waals surface area contributed by atoms with Crippen molar-refractivity contribution in [3.05, 3.63) is 42.2 Å². The molecule has 0 spiro atoms. The third kappa shape index (κ3) is 6.60. The Morgan fingerprint density at radius 3 is 2.57 bits per heavy atom. The van der Waals surface area contributed by atoms with Crippen LogP contribution in [-0.4, -0.2) is 35.1 Å². The van der Waals surface area contributed by atoms with Crippen molar-refractivity contribution in [1.82, 2.24) is 10.1 Å². The molecule has 1 aromatic carbocycles. The van der Waals surface area contributed by atoms with Gasteiger partial charge in [-0.3, -0.25) is 4.79 Å². The largest absolute Gasteiger partial charge is 0.416 e. The second-order valence-corrected chi connectivity index (χ2v) is 6.55. The van der Waals surface area contributed by atoms with Crippen molar-refractivity contribution in [2.75, 3.05) is 23.7 Å². The van der Waals surface area contributed by atoms with Crippen LogP contribution in [0.5, 0.6) is 0 Å². The molecule has 0 aliphatic carbocycles. The quantitative estimate of drug-likeness (QED) is 0.731. The number of anilines is 2. The number of hydrogen-bond acceptors (Lipinski definition) is 4. The van der Waals surface area contributed by atoms with Gasteiger partial charge in [-0.15, -0.1) is 0 Å². The van der Waals surface area contributed by atoms with Crippen LogP contribution in [0, 0.1) is 5.92 Å². The molecule has 0 saturated carbocycles. The van der Waals surface area contributed by atoms with Gasteiger partial charge in [0.05, 0.1) is 5.56 Å². The molecule has 0 aliphatic heterocycles. The van der Waals surface area contributed by atoms with E-state index in [-0.39, 0.29) is 30.5 Å². The van der Waals surface area contributed by atoms with Gasteiger partial charge in [0.2, 0.25) is 5.91 Å². The van der Waals surface area contributed by atoms with E-state index in [1.807, 2.05) is 13.8 Å². The van der Waals surface area contributed by atoms with Crippen LogP contribution in [0.1, 0.15) is 25.8 Å². The fraction of sp³-hybridized carbons (Fsp3) is 0.389. The highest BCUT2D eigenvalue weighted by Gasteiger charge is 2.30. The third-order valence-electron chi connectivity index (χ3n) is 3.74. The Bertz CT molecular complexity index is 792. The number of nitrogens with zero attached hydrogens (tertiary/aromatic N) is 2. The lowest BCUT2D eigenvalue weighted by Crippen LogP contribution is -2.41. The van der Waals surface area contributed by atoms with Crippen molar-refractivity contribution in [1.29, 1.82) is 0 Å². The Morgan fingerprint density at radius 1 is 1.21 bits per heavy atom. The van der Waals surface area contributed by atoms with Gasteiger partial charge >= 0.3 is 12.2 Å². The topological polar surface area (TPSA) is 87.5 Å². The number of urea groups is 1. The summed E-state index contributed by atoms with van der Waals surface area (Å²) in [4.78, 5) is 25.9. The molecule has 28 heavy (non-hydrogen) atoms. The molecule has 2 aromatic rings. The molecule has 0 saturated heterocycles. The van der Waals surface area contributed by atoms with Crippen LogP contribution < -0.4 is 10.6 Å². The minimum atomic E-state index is -4.52. The van der Waals surface area contributed by atoms with Crippen LogP contribution in [0.25, 0.3) is 0 Å². The Morgan fingerprint density at radius 2 is 1.96 bits per heavy atom. The zero-order chi connectivity index (χ0) is 20.7. The molecule has 2 N–H and O–H groups in total. The summed E-state index contributed by atoms with van der Waals surface area (Å²) in [6.45, 7) is 3.88. The number of aromatic nitrogens is 1. The molecule has 0 aliphatic rings. The van der Waals surface area contributed by atoms with Gasteiger partial charge in [-0.25, -0.2) is 4.79 Å². The zero-order valence-electron chi connectivity index (χ0n) is 15.4. The van der Waals surface area contributed by atoms with Crippen LogP contribution in [-0.2, 0) is 11.0 Å². The normalized spacial score (nSPS) is 11.4. The molecule has 0 unspecified atom stereocenters. The van der Waals surface area contributed by atoms with E-state index in [0.29, 0.717) is 6.42 Å². The number of alkyl halides is 3. The van der Waals surface area contributed by atoms with Crippen molar-refractivity contribution in [3.8, 4) is 0 Å². The SMILES string of the molecule is CC(C)CCN(CC(=O)Nc1ccon1)C(=O)Nc1cccc(C(F)(F)F)c1. The standard InChI is InChI=1S/C18H21F3N4O3/c1-12(2)6-8-25(11-16(26)23-15-7-9-28-24-15)17(27)22-14-5-3-4-13(10-14)18(19,20)21/h3-5,7,9-10,12H,6,8,11H2,1-2H3,(H,22,27)(H,23,24,26). The lowest BCUT2D eigenvalue weighted by molar-refractivity contribution is -0.137. The van der Waals surface area contributed by atoms with Gasteiger partial charge in [-0.05, 0) is 30.5 Å². The first kappa shape index (κ1) is 21.3. The summed E-state index contributed by atoms with van der Waals surface area (Å²) in [7, 11) is 0. The summed E-state index contributed by atoms with van der Waals surface area (Å²) in [5, 5.41) is 8.44. The van der Waals surface area contributed by atoms with E-state index >= 15 is 0 Å². The molecular formula is C18H21F3N4O3. The van der Waals surface area contributed by atoms with Crippen LogP contribution >= 0.6 is 0 Å². The number of halogens is 3. The van der Waals surface area contributed by atoms with Gasteiger partial charge in [0.1, 0.15) is 12.8 Å². The molecule has 1 heterocycles. The molecule has 0 atom stereocenters. The van der Waals surface area contributed by atoms with E-state index in [2.05, 4.69) is 20.3 Å². The molecule has 10 heteroatoms. The van der Waals surface area contributed by atoms with E-state index in [1.54, 1.807) is 0 Å². The van der Waals surface area contributed by atoms with Gasteiger partial charge in [-0.2, -0.15) is 13.2 Å². The molecule has 0 fully saturated rings. The Kier molecular flexibility index (Phi) is 7.02. The van der Waals surface area contributed by atoms with Crippen molar-refractivity contribution in [2.45, 2.75) is 26.4 Å². The summed E-state index contributed by atoms with van der Waals surface area (Å²) in [5.74, 6) is -0.0357.